The van der Waals surface area contributed by atoms with E-state index < -0.39 is 0 Å². The zero-order chi connectivity index (χ0) is 23.2. The van der Waals surface area contributed by atoms with Gasteiger partial charge in [-0.3, -0.25) is 19.6 Å². The number of carbonyl (C=O) groups is 1. The van der Waals surface area contributed by atoms with Gasteiger partial charge in [0.2, 0.25) is 0 Å². The fraction of sp³-hybridized carbons (Fsp3) is 0.296. The van der Waals surface area contributed by atoms with Crippen LogP contribution in [0, 0.1) is 13.8 Å². The molecule has 2 aromatic rings. The Labute approximate surface area is 198 Å². The van der Waals surface area contributed by atoms with Gasteiger partial charge in [-0.2, -0.15) is 5.10 Å². The van der Waals surface area contributed by atoms with Gasteiger partial charge in [-0.1, -0.05) is 24.3 Å². The molecule has 0 N–H and O–H groups in total. The molecule has 0 radical (unpaired) electrons. The van der Waals surface area contributed by atoms with Crippen LogP contribution in [0.5, 0.6) is 0 Å². The largest absolute Gasteiger partial charge is 0.378 e. The normalized spacial score (nSPS) is 22.9. The summed E-state index contributed by atoms with van der Waals surface area (Å²) in [6.07, 6.45) is 18.8. The molecule has 0 bridgehead atoms. The second kappa shape index (κ2) is 8.34. The third kappa shape index (κ3) is 3.77. The van der Waals surface area contributed by atoms with Crippen molar-refractivity contribution in [2.45, 2.75) is 26.3 Å². The van der Waals surface area contributed by atoms with Crippen LogP contribution >= 0.6 is 0 Å². The van der Waals surface area contributed by atoms with E-state index in [2.05, 4.69) is 22.0 Å². The minimum atomic E-state index is -0.0832. The first-order valence-corrected chi connectivity index (χ1v) is 11.7. The highest BCUT2D eigenvalue weighted by atomic mass is 16.5. The summed E-state index contributed by atoms with van der Waals surface area (Å²) >= 11 is 0. The fourth-order valence-electron chi connectivity index (χ4n) is 4.83. The second-order valence-electron chi connectivity index (χ2n) is 9.17. The van der Waals surface area contributed by atoms with E-state index in [-0.39, 0.29) is 5.91 Å². The lowest BCUT2D eigenvalue weighted by Gasteiger charge is -2.39. The van der Waals surface area contributed by atoms with Gasteiger partial charge in [0.25, 0.3) is 5.91 Å². The van der Waals surface area contributed by atoms with E-state index >= 15 is 0 Å². The van der Waals surface area contributed by atoms with E-state index in [0.29, 0.717) is 6.04 Å². The van der Waals surface area contributed by atoms with Gasteiger partial charge in [-0.15, -0.1) is 0 Å². The van der Waals surface area contributed by atoms with Gasteiger partial charge >= 0.3 is 0 Å². The molecule has 1 amide bonds. The molecule has 0 aromatic carbocycles. The van der Waals surface area contributed by atoms with Crippen molar-refractivity contribution in [3.05, 3.63) is 94.9 Å². The van der Waals surface area contributed by atoms with Gasteiger partial charge < -0.3 is 4.74 Å². The molecule has 0 aliphatic carbocycles. The van der Waals surface area contributed by atoms with E-state index in [0.717, 1.165) is 72.2 Å². The highest BCUT2D eigenvalue weighted by molar-refractivity contribution is 5.99. The van der Waals surface area contributed by atoms with Gasteiger partial charge in [-0.05, 0) is 49.6 Å². The predicted molar refractivity (Wildman–Crippen MR) is 131 cm³/mol. The molecule has 4 aliphatic rings. The topological polar surface area (TPSA) is 63.0 Å². The Balaban J connectivity index is 1.28. The maximum atomic E-state index is 13.3. The Morgan fingerprint density at radius 1 is 1.12 bits per heavy atom. The van der Waals surface area contributed by atoms with E-state index in [1.54, 1.807) is 11.0 Å². The molecular formula is C27H27N5O2. The summed E-state index contributed by atoms with van der Waals surface area (Å²) in [7, 11) is 0. The minimum Gasteiger partial charge on any atom is -0.378 e. The molecule has 0 atom stereocenters. The summed E-state index contributed by atoms with van der Waals surface area (Å²) < 4.78 is 7.17. The number of fused-ring (bicyclic) bond motifs is 2. The molecule has 7 nitrogen and oxygen atoms in total. The van der Waals surface area contributed by atoms with Gasteiger partial charge in [0.05, 0.1) is 48.1 Å². The van der Waals surface area contributed by atoms with Crippen LogP contribution < -0.4 is 0 Å². The number of allylic oxidation sites excluding steroid dienone is 7. The van der Waals surface area contributed by atoms with E-state index in [1.807, 2.05) is 61.1 Å². The molecule has 172 valence electrons. The van der Waals surface area contributed by atoms with Crippen LogP contribution in [-0.2, 0) is 9.53 Å². The average molecular weight is 454 g/mol. The molecule has 0 unspecified atom stereocenters. The SMILES string of the molecule is Cc1cn2nc(C3=CC(=O)N4C=C(C5=CCN(C6COC6)CC5)C=C/C4=C\C=C3)cc2c(C)n1. The van der Waals surface area contributed by atoms with Gasteiger partial charge in [0.15, 0.2) is 0 Å². The maximum absolute atomic E-state index is 13.3. The third-order valence-electron chi connectivity index (χ3n) is 6.84. The Morgan fingerprint density at radius 2 is 2.00 bits per heavy atom. The van der Waals surface area contributed by atoms with Crippen LogP contribution in [0.1, 0.15) is 23.5 Å². The quantitative estimate of drug-likeness (QED) is 0.712. The first-order chi connectivity index (χ1) is 16.5. The molecule has 0 spiro atoms. The number of hydrogen-bond acceptors (Lipinski definition) is 5. The van der Waals surface area contributed by atoms with Gasteiger partial charge in [-0.25, -0.2) is 4.52 Å². The molecule has 6 heterocycles. The Bertz CT molecular complexity index is 1370. The number of rotatable bonds is 3. The molecule has 34 heavy (non-hydrogen) atoms. The molecule has 2 aromatic heterocycles. The fourth-order valence-corrected chi connectivity index (χ4v) is 4.83. The van der Waals surface area contributed by atoms with Crippen molar-refractivity contribution in [1.29, 1.82) is 0 Å². The number of aromatic nitrogens is 3. The zero-order valence-corrected chi connectivity index (χ0v) is 19.4. The Kier molecular flexibility index (Phi) is 5.16. The van der Waals surface area contributed by atoms with Crippen molar-refractivity contribution in [1.82, 2.24) is 24.4 Å². The minimum absolute atomic E-state index is 0.0832. The van der Waals surface area contributed by atoms with Crippen molar-refractivity contribution in [2.24, 2.45) is 0 Å². The number of nitrogens with zero attached hydrogens (tertiary/aromatic N) is 5. The summed E-state index contributed by atoms with van der Waals surface area (Å²) in [5.74, 6) is -0.0832. The van der Waals surface area contributed by atoms with Crippen LogP contribution in [0.2, 0.25) is 0 Å². The lowest BCUT2D eigenvalue weighted by atomic mass is 9.96. The van der Waals surface area contributed by atoms with Crippen LogP contribution in [0.4, 0.5) is 0 Å². The number of ether oxygens (including phenoxy) is 1. The van der Waals surface area contributed by atoms with Crippen molar-refractivity contribution in [2.75, 3.05) is 26.3 Å². The number of amides is 1. The summed E-state index contributed by atoms with van der Waals surface area (Å²) in [6.45, 7) is 7.56. The summed E-state index contributed by atoms with van der Waals surface area (Å²) in [6, 6.07) is 2.54. The second-order valence-corrected chi connectivity index (χ2v) is 9.17. The molecule has 6 rings (SSSR count). The van der Waals surface area contributed by atoms with Crippen LogP contribution in [-0.4, -0.2) is 62.7 Å². The number of carbonyl (C=O) groups excluding carboxylic acids is 1. The third-order valence-corrected chi connectivity index (χ3v) is 6.84. The summed E-state index contributed by atoms with van der Waals surface area (Å²) in [5.41, 5.74) is 7.54. The summed E-state index contributed by atoms with van der Waals surface area (Å²) in [5, 5.41) is 4.70. The summed E-state index contributed by atoms with van der Waals surface area (Å²) in [4.78, 5) is 22.1. The Hall–Kier alpha value is -3.55. The average Bonchev–Trinajstić information content (AvgIpc) is 3.21. The lowest BCUT2D eigenvalue weighted by molar-refractivity contribution is -0.122. The van der Waals surface area contributed by atoms with Crippen LogP contribution in [0.3, 0.4) is 0 Å². The molecule has 7 heteroatoms. The molecule has 1 saturated heterocycles. The van der Waals surface area contributed by atoms with E-state index in [1.165, 1.54) is 5.57 Å². The highest BCUT2D eigenvalue weighted by Crippen LogP contribution is 2.29. The highest BCUT2D eigenvalue weighted by Gasteiger charge is 2.28. The first-order valence-electron chi connectivity index (χ1n) is 11.7. The van der Waals surface area contributed by atoms with Crippen molar-refractivity contribution < 1.29 is 9.53 Å². The van der Waals surface area contributed by atoms with Crippen LogP contribution in [0.15, 0.2) is 77.8 Å². The molecular weight excluding hydrogens is 426 g/mol. The smallest absolute Gasteiger partial charge is 0.255 e. The zero-order valence-electron chi connectivity index (χ0n) is 19.4. The van der Waals surface area contributed by atoms with Crippen LogP contribution in [0.25, 0.3) is 11.1 Å². The van der Waals surface area contributed by atoms with Gasteiger partial charge in [0.1, 0.15) is 0 Å². The van der Waals surface area contributed by atoms with E-state index in [9.17, 15) is 4.79 Å². The standard InChI is InChI=1S/C27H27N5O2/c1-18-14-32-26(19(2)28-18)13-25(29-32)21-4-3-5-23-7-6-22(15-31(23)27(33)12-21)20-8-10-30(11-9-20)24-16-34-17-24/h3-8,12-15,24H,9-11,16-17H2,1-2H3/b4-3?,21-12?,23-5+. The monoisotopic (exact) mass is 453 g/mol. The van der Waals surface area contributed by atoms with Crippen molar-refractivity contribution in [3.63, 3.8) is 0 Å². The number of hydrogen-bond donors (Lipinski definition) is 0. The number of aryl methyl sites for hydroxylation is 2. The molecule has 4 aliphatic heterocycles. The first kappa shape index (κ1) is 21.0. The maximum Gasteiger partial charge on any atom is 0.255 e. The molecule has 0 saturated carbocycles. The van der Waals surface area contributed by atoms with Crippen molar-refractivity contribution in [3.8, 4) is 0 Å². The van der Waals surface area contributed by atoms with Crippen molar-refractivity contribution >= 4 is 17.0 Å². The molecule has 1 fully saturated rings. The van der Waals surface area contributed by atoms with Gasteiger partial charge in [0, 0.05) is 36.6 Å². The van der Waals surface area contributed by atoms with E-state index in [4.69, 9.17) is 9.84 Å². The Morgan fingerprint density at radius 3 is 2.76 bits per heavy atom. The lowest BCUT2D eigenvalue weighted by Crippen LogP contribution is -2.50. The predicted octanol–water partition coefficient (Wildman–Crippen LogP) is 3.50.